The Bertz CT molecular complexity index is 1020. The first-order chi connectivity index (χ1) is 14.0. The first-order valence-electron chi connectivity index (χ1n) is 8.76. The fourth-order valence-electron chi connectivity index (χ4n) is 2.46. The van der Waals surface area contributed by atoms with Gasteiger partial charge in [0.25, 0.3) is 0 Å². The highest BCUT2D eigenvalue weighted by Crippen LogP contribution is 2.18. The molecule has 29 heavy (non-hydrogen) atoms. The van der Waals surface area contributed by atoms with Crippen molar-refractivity contribution in [2.45, 2.75) is 6.92 Å². The summed E-state index contributed by atoms with van der Waals surface area (Å²) in [5.41, 5.74) is 2.13. The summed E-state index contributed by atoms with van der Waals surface area (Å²) in [5, 5.41) is 0. The van der Waals surface area contributed by atoms with Crippen molar-refractivity contribution in [3.8, 4) is 11.5 Å². The Hall–Kier alpha value is -3.93. The second kappa shape index (κ2) is 8.84. The number of aryl methyl sites for hydroxylation is 1. The minimum atomic E-state index is -0.577. The molecule has 3 aromatic rings. The van der Waals surface area contributed by atoms with Gasteiger partial charge in [-0.05, 0) is 67.6 Å². The van der Waals surface area contributed by atoms with E-state index in [0.717, 1.165) is 5.56 Å². The molecule has 0 aliphatic rings. The SMILES string of the molecule is COC(=O)c1ccc(OC(=O)c2ccc(OC(=O)c3ccc(C)cc3)cc2)cc1. The van der Waals surface area contributed by atoms with Crippen LogP contribution >= 0.6 is 0 Å². The lowest BCUT2D eigenvalue weighted by atomic mass is 10.1. The molecule has 0 atom stereocenters. The topological polar surface area (TPSA) is 78.9 Å². The maximum Gasteiger partial charge on any atom is 0.343 e. The molecule has 0 N–H and O–H groups in total. The highest BCUT2D eigenvalue weighted by Gasteiger charge is 2.12. The van der Waals surface area contributed by atoms with Crippen LogP contribution in [0.3, 0.4) is 0 Å². The second-order valence-electron chi connectivity index (χ2n) is 6.19. The van der Waals surface area contributed by atoms with Gasteiger partial charge < -0.3 is 14.2 Å². The van der Waals surface area contributed by atoms with Crippen LogP contribution in [0, 0.1) is 6.92 Å². The van der Waals surface area contributed by atoms with Gasteiger partial charge in [0, 0.05) is 0 Å². The Labute approximate surface area is 167 Å². The molecule has 0 aromatic heterocycles. The van der Waals surface area contributed by atoms with Gasteiger partial charge in [0.15, 0.2) is 0 Å². The molecule has 0 radical (unpaired) electrons. The molecule has 0 aliphatic heterocycles. The third-order valence-corrected chi connectivity index (χ3v) is 4.07. The van der Waals surface area contributed by atoms with E-state index in [0.29, 0.717) is 16.9 Å². The van der Waals surface area contributed by atoms with E-state index in [4.69, 9.17) is 9.47 Å². The fraction of sp³-hybridized carbons (Fsp3) is 0.0870. The molecule has 0 aliphatic carbocycles. The number of hydrogen-bond acceptors (Lipinski definition) is 6. The average molecular weight is 390 g/mol. The Balaban J connectivity index is 1.61. The third kappa shape index (κ3) is 5.07. The Morgan fingerprint density at radius 3 is 1.28 bits per heavy atom. The van der Waals surface area contributed by atoms with Gasteiger partial charge in [-0.25, -0.2) is 14.4 Å². The maximum atomic E-state index is 12.3. The van der Waals surface area contributed by atoms with Crippen molar-refractivity contribution in [3.05, 3.63) is 95.1 Å². The molecular formula is C23H18O6. The quantitative estimate of drug-likeness (QED) is 0.479. The van der Waals surface area contributed by atoms with E-state index in [1.807, 2.05) is 19.1 Å². The number of ether oxygens (including phenoxy) is 3. The number of rotatable bonds is 5. The molecule has 0 spiro atoms. The van der Waals surface area contributed by atoms with Crippen molar-refractivity contribution < 1.29 is 28.6 Å². The number of benzene rings is 3. The van der Waals surface area contributed by atoms with Crippen LogP contribution in [-0.2, 0) is 4.74 Å². The standard InChI is InChI=1S/C23H18O6/c1-15-3-5-17(6-4-15)22(25)28-20-13-9-18(10-14-20)23(26)29-19-11-7-16(8-12-19)21(24)27-2/h3-14H,1-2H3. The van der Waals surface area contributed by atoms with E-state index in [9.17, 15) is 14.4 Å². The van der Waals surface area contributed by atoms with Gasteiger partial charge in [-0.3, -0.25) is 0 Å². The average Bonchev–Trinajstić information content (AvgIpc) is 2.74. The van der Waals surface area contributed by atoms with E-state index >= 15 is 0 Å². The zero-order chi connectivity index (χ0) is 20.8. The van der Waals surface area contributed by atoms with Crippen LogP contribution in [0.25, 0.3) is 0 Å². The van der Waals surface area contributed by atoms with Crippen LogP contribution < -0.4 is 9.47 Å². The van der Waals surface area contributed by atoms with Gasteiger partial charge >= 0.3 is 17.9 Å². The molecule has 0 bridgehead atoms. The monoisotopic (exact) mass is 390 g/mol. The van der Waals surface area contributed by atoms with E-state index in [2.05, 4.69) is 4.74 Å². The molecule has 3 aromatic carbocycles. The van der Waals surface area contributed by atoms with Crippen molar-refractivity contribution in [3.63, 3.8) is 0 Å². The number of methoxy groups -OCH3 is 1. The summed E-state index contributed by atoms with van der Waals surface area (Å²) < 4.78 is 15.2. The summed E-state index contributed by atoms with van der Waals surface area (Å²) in [5.74, 6) is -0.927. The Kier molecular flexibility index (Phi) is 6.04. The molecule has 0 unspecified atom stereocenters. The fourth-order valence-corrected chi connectivity index (χ4v) is 2.46. The summed E-state index contributed by atoms with van der Waals surface area (Å²) in [7, 11) is 1.29. The predicted octanol–water partition coefficient (Wildman–Crippen LogP) is 4.22. The number of hydrogen-bond donors (Lipinski definition) is 0. The number of carbonyl (C=O) groups excluding carboxylic acids is 3. The van der Waals surface area contributed by atoms with Gasteiger partial charge in [0.2, 0.25) is 0 Å². The van der Waals surface area contributed by atoms with Crippen molar-refractivity contribution in [1.82, 2.24) is 0 Å². The molecule has 0 heterocycles. The largest absolute Gasteiger partial charge is 0.465 e. The van der Waals surface area contributed by atoms with Gasteiger partial charge in [-0.1, -0.05) is 17.7 Å². The van der Waals surface area contributed by atoms with E-state index in [1.165, 1.54) is 55.6 Å². The summed E-state index contributed by atoms with van der Waals surface area (Å²) in [4.78, 5) is 35.8. The predicted molar refractivity (Wildman–Crippen MR) is 105 cm³/mol. The molecule has 0 amide bonds. The van der Waals surface area contributed by atoms with Crippen LogP contribution in [0.4, 0.5) is 0 Å². The molecule has 146 valence electrons. The summed E-state index contributed by atoms with van der Waals surface area (Å²) >= 11 is 0. The minimum absolute atomic E-state index is 0.289. The van der Waals surface area contributed by atoms with Crippen molar-refractivity contribution in [2.24, 2.45) is 0 Å². The minimum Gasteiger partial charge on any atom is -0.465 e. The first-order valence-corrected chi connectivity index (χ1v) is 8.76. The summed E-state index contributed by atoms with van der Waals surface area (Å²) in [6.07, 6.45) is 0. The number of esters is 3. The lowest BCUT2D eigenvalue weighted by molar-refractivity contribution is 0.0600. The summed E-state index contributed by atoms with van der Waals surface area (Å²) in [6, 6.07) is 19.1. The smallest absolute Gasteiger partial charge is 0.343 e. The highest BCUT2D eigenvalue weighted by molar-refractivity contribution is 5.93. The van der Waals surface area contributed by atoms with Crippen molar-refractivity contribution in [2.75, 3.05) is 7.11 Å². The Morgan fingerprint density at radius 2 is 0.897 bits per heavy atom. The molecule has 3 rings (SSSR count). The van der Waals surface area contributed by atoms with Crippen LogP contribution in [0.15, 0.2) is 72.8 Å². The van der Waals surface area contributed by atoms with Gasteiger partial charge in [0.1, 0.15) is 11.5 Å². The van der Waals surface area contributed by atoms with Crippen LogP contribution in [0.5, 0.6) is 11.5 Å². The lowest BCUT2D eigenvalue weighted by Crippen LogP contribution is -2.10. The van der Waals surface area contributed by atoms with Crippen LogP contribution in [0.2, 0.25) is 0 Å². The van der Waals surface area contributed by atoms with E-state index < -0.39 is 17.9 Å². The molecule has 6 nitrogen and oxygen atoms in total. The zero-order valence-corrected chi connectivity index (χ0v) is 15.9. The van der Waals surface area contributed by atoms with E-state index in [1.54, 1.807) is 12.1 Å². The Morgan fingerprint density at radius 1 is 0.552 bits per heavy atom. The molecule has 0 saturated heterocycles. The molecular weight excluding hydrogens is 372 g/mol. The van der Waals surface area contributed by atoms with E-state index in [-0.39, 0.29) is 11.3 Å². The van der Waals surface area contributed by atoms with Crippen LogP contribution in [-0.4, -0.2) is 25.0 Å². The molecule has 6 heteroatoms. The highest BCUT2D eigenvalue weighted by atomic mass is 16.5. The lowest BCUT2D eigenvalue weighted by Gasteiger charge is -2.07. The van der Waals surface area contributed by atoms with Gasteiger partial charge in [-0.2, -0.15) is 0 Å². The first kappa shape index (κ1) is 19.8. The molecule has 0 saturated carbocycles. The third-order valence-electron chi connectivity index (χ3n) is 4.07. The van der Waals surface area contributed by atoms with Gasteiger partial charge in [0.05, 0.1) is 23.8 Å². The second-order valence-corrected chi connectivity index (χ2v) is 6.19. The van der Waals surface area contributed by atoms with Gasteiger partial charge in [-0.15, -0.1) is 0 Å². The summed E-state index contributed by atoms with van der Waals surface area (Å²) in [6.45, 7) is 1.93. The van der Waals surface area contributed by atoms with Crippen molar-refractivity contribution in [1.29, 1.82) is 0 Å². The van der Waals surface area contributed by atoms with Crippen LogP contribution in [0.1, 0.15) is 36.6 Å². The maximum absolute atomic E-state index is 12.3. The normalized spacial score (nSPS) is 10.1. The molecule has 0 fully saturated rings. The zero-order valence-electron chi connectivity index (χ0n) is 15.9. The van der Waals surface area contributed by atoms with Crippen molar-refractivity contribution >= 4 is 17.9 Å². The number of carbonyl (C=O) groups is 3.